The highest BCUT2D eigenvalue weighted by Gasteiger charge is 2.42. The lowest BCUT2D eigenvalue weighted by molar-refractivity contribution is -0.289. The number of methoxy groups -OCH3 is 1. The van der Waals surface area contributed by atoms with E-state index in [1.54, 1.807) is 31.2 Å². The number of aliphatic hydroxyl groups excluding tert-OH is 3. The van der Waals surface area contributed by atoms with Crippen LogP contribution in [0, 0.1) is 0 Å². The van der Waals surface area contributed by atoms with Gasteiger partial charge in [-0.1, -0.05) is 0 Å². The molecule has 7 nitrogen and oxygen atoms in total. The third-order valence-corrected chi connectivity index (χ3v) is 3.60. The van der Waals surface area contributed by atoms with Crippen molar-refractivity contribution in [1.82, 2.24) is 0 Å². The summed E-state index contributed by atoms with van der Waals surface area (Å²) in [5, 5.41) is 29.0. The topological polar surface area (TPSA) is 105 Å². The smallest absolute Gasteiger partial charge is 0.188 e. The van der Waals surface area contributed by atoms with Crippen molar-refractivity contribution in [2.24, 2.45) is 0 Å². The van der Waals surface area contributed by atoms with Gasteiger partial charge in [0.2, 0.25) is 0 Å². The molecule has 0 spiro atoms. The van der Waals surface area contributed by atoms with Crippen molar-refractivity contribution >= 4 is 5.78 Å². The molecule has 1 saturated heterocycles. The lowest BCUT2D eigenvalue weighted by Gasteiger charge is -2.38. The molecule has 1 heterocycles. The molecular formula is C15H20O7. The SMILES string of the molecule is COc1ccc(C(=O)CO[C@H]2O[C@H](C)[C@H](O)[C@H](O)[C@@H]2O)cc1. The van der Waals surface area contributed by atoms with Crippen molar-refractivity contribution in [3.63, 3.8) is 0 Å². The van der Waals surface area contributed by atoms with Gasteiger partial charge in [0.05, 0.1) is 13.2 Å². The van der Waals surface area contributed by atoms with Gasteiger partial charge in [-0.15, -0.1) is 0 Å². The predicted molar refractivity (Wildman–Crippen MR) is 75.6 cm³/mol. The molecule has 0 unspecified atom stereocenters. The van der Waals surface area contributed by atoms with E-state index in [0.29, 0.717) is 11.3 Å². The largest absolute Gasteiger partial charge is 0.497 e. The van der Waals surface area contributed by atoms with Crippen LogP contribution in [0.15, 0.2) is 24.3 Å². The minimum absolute atomic E-state index is 0.299. The molecule has 0 amide bonds. The molecule has 7 heteroatoms. The fraction of sp³-hybridized carbons (Fsp3) is 0.533. The van der Waals surface area contributed by atoms with Gasteiger partial charge >= 0.3 is 0 Å². The van der Waals surface area contributed by atoms with E-state index >= 15 is 0 Å². The fourth-order valence-corrected chi connectivity index (χ4v) is 2.17. The average Bonchev–Trinajstić information content (AvgIpc) is 2.54. The highest BCUT2D eigenvalue weighted by molar-refractivity contribution is 5.97. The zero-order valence-electron chi connectivity index (χ0n) is 12.4. The summed E-state index contributed by atoms with van der Waals surface area (Å²) in [6.45, 7) is 1.23. The molecule has 1 aliphatic heterocycles. The van der Waals surface area contributed by atoms with Crippen molar-refractivity contribution in [3.05, 3.63) is 29.8 Å². The first-order chi connectivity index (χ1) is 10.4. The van der Waals surface area contributed by atoms with Crippen LogP contribution in [0.3, 0.4) is 0 Å². The summed E-state index contributed by atoms with van der Waals surface area (Å²) >= 11 is 0. The second-order valence-corrected chi connectivity index (χ2v) is 5.14. The number of aliphatic hydroxyl groups is 3. The summed E-state index contributed by atoms with van der Waals surface area (Å²) in [5.74, 6) is 0.334. The Kier molecular flexibility index (Phi) is 5.49. The maximum atomic E-state index is 12.0. The number of ketones is 1. The zero-order valence-corrected chi connectivity index (χ0v) is 12.4. The van der Waals surface area contributed by atoms with E-state index in [-0.39, 0.29) is 12.4 Å². The maximum Gasteiger partial charge on any atom is 0.188 e. The van der Waals surface area contributed by atoms with E-state index in [9.17, 15) is 20.1 Å². The monoisotopic (exact) mass is 312 g/mol. The first kappa shape index (κ1) is 16.9. The summed E-state index contributed by atoms with van der Waals surface area (Å²) in [6.07, 6.45) is -5.89. The van der Waals surface area contributed by atoms with E-state index in [1.165, 1.54) is 7.11 Å². The maximum absolute atomic E-state index is 12.0. The van der Waals surface area contributed by atoms with Crippen LogP contribution in [0.25, 0.3) is 0 Å². The number of rotatable bonds is 5. The van der Waals surface area contributed by atoms with E-state index in [1.807, 2.05) is 0 Å². The van der Waals surface area contributed by atoms with Crippen molar-refractivity contribution < 1.29 is 34.3 Å². The third kappa shape index (κ3) is 3.63. The molecule has 0 bridgehead atoms. The number of hydrogen-bond acceptors (Lipinski definition) is 7. The van der Waals surface area contributed by atoms with E-state index in [2.05, 4.69) is 0 Å². The third-order valence-electron chi connectivity index (χ3n) is 3.60. The van der Waals surface area contributed by atoms with Gasteiger partial charge in [0, 0.05) is 5.56 Å². The first-order valence-corrected chi connectivity index (χ1v) is 6.92. The Labute approximate surface area is 128 Å². The Morgan fingerprint density at radius 1 is 1.14 bits per heavy atom. The normalized spacial score (nSPS) is 31.8. The molecule has 0 radical (unpaired) electrons. The number of benzene rings is 1. The van der Waals surface area contributed by atoms with Gasteiger partial charge in [0.15, 0.2) is 12.1 Å². The van der Waals surface area contributed by atoms with Crippen LogP contribution in [0.1, 0.15) is 17.3 Å². The van der Waals surface area contributed by atoms with Crippen molar-refractivity contribution in [3.8, 4) is 5.75 Å². The van der Waals surface area contributed by atoms with Gasteiger partial charge in [0.25, 0.3) is 0 Å². The van der Waals surface area contributed by atoms with Crippen LogP contribution in [0.2, 0.25) is 0 Å². The van der Waals surface area contributed by atoms with Crippen LogP contribution < -0.4 is 4.74 Å². The Balaban J connectivity index is 1.92. The van der Waals surface area contributed by atoms with E-state index in [0.717, 1.165) is 0 Å². The van der Waals surface area contributed by atoms with Crippen LogP contribution in [-0.2, 0) is 9.47 Å². The molecule has 22 heavy (non-hydrogen) atoms. The Morgan fingerprint density at radius 2 is 1.77 bits per heavy atom. The number of carbonyl (C=O) groups is 1. The highest BCUT2D eigenvalue weighted by Crippen LogP contribution is 2.22. The highest BCUT2D eigenvalue weighted by atomic mass is 16.7. The fourth-order valence-electron chi connectivity index (χ4n) is 2.17. The molecule has 0 saturated carbocycles. The Morgan fingerprint density at radius 3 is 2.36 bits per heavy atom. The standard InChI is InChI=1S/C15H20O7/c1-8-12(17)13(18)14(19)15(22-8)21-7-11(16)9-3-5-10(20-2)6-4-9/h3-6,8,12-15,17-19H,7H2,1-2H3/t8-,12+,13+,14+,15+/m1/s1. The second kappa shape index (κ2) is 7.17. The average molecular weight is 312 g/mol. The van der Waals surface area contributed by atoms with Crippen LogP contribution in [0.4, 0.5) is 0 Å². The summed E-state index contributed by atoms with van der Waals surface area (Å²) in [6, 6.07) is 6.51. The lowest BCUT2D eigenvalue weighted by atomic mass is 10.00. The molecule has 1 aliphatic rings. The van der Waals surface area contributed by atoms with Gasteiger partial charge in [-0.3, -0.25) is 4.79 Å². The Hall–Kier alpha value is -1.51. The minimum Gasteiger partial charge on any atom is -0.497 e. The number of Topliss-reactive ketones (excluding diaryl/α,β-unsaturated/α-hetero) is 1. The van der Waals surface area contributed by atoms with Crippen LogP contribution >= 0.6 is 0 Å². The number of carbonyl (C=O) groups excluding carboxylic acids is 1. The van der Waals surface area contributed by atoms with Crippen LogP contribution in [-0.4, -0.2) is 65.5 Å². The van der Waals surface area contributed by atoms with Crippen molar-refractivity contribution in [2.75, 3.05) is 13.7 Å². The second-order valence-electron chi connectivity index (χ2n) is 5.14. The minimum atomic E-state index is -1.42. The molecule has 122 valence electrons. The molecule has 0 aliphatic carbocycles. The summed E-state index contributed by atoms with van der Waals surface area (Å²) in [7, 11) is 1.53. The molecule has 5 atom stereocenters. The van der Waals surface area contributed by atoms with Gasteiger partial charge < -0.3 is 29.5 Å². The molecule has 1 fully saturated rings. The molecule has 3 N–H and O–H groups in total. The number of hydrogen-bond donors (Lipinski definition) is 3. The molecule has 0 aromatic heterocycles. The molecule has 1 aromatic carbocycles. The Bertz CT molecular complexity index is 501. The van der Waals surface area contributed by atoms with Crippen molar-refractivity contribution in [2.45, 2.75) is 37.6 Å². The van der Waals surface area contributed by atoms with Gasteiger partial charge in [-0.25, -0.2) is 0 Å². The molecule has 2 rings (SSSR count). The van der Waals surface area contributed by atoms with E-state index < -0.39 is 30.7 Å². The molecule has 1 aromatic rings. The summed E-state index contributed by atoms with van der Waals surface area (Å²) in [4.78, 5) is 12.0. The van der Waals surface area contributed by atoms with Crippen LogP contribution in [0.5, 0.6) is 5.75 Å². The van der Waals surface area contributed by atoms with Gasteiger partial charge in [0.1, 0.15) is 30.7 Å². The first-order valence-electron chi connectivity index (χ1n) is 6.92. The quantitative estimate of drug-likeness (QED) is 0.642. The van der Waals surface area contributed by atoms with E-state index in [4.69, 9.17) is 14.2 Å². The van der Waals surface area contributed by atoms with Crippen molar-refractivity contribution in [1.29, 1.82) is 0 Å². The summed E-state index contributed by atoms with van der Waals surface area (Å²) in [5.41, 5.74) is 0.430. The molecular weight excluding hydrogens is 292 g/mol. The predicted octanol–water partition coefficient (Wildman–Crippen LogP) is -0.278. The zero-order chi connectivity index (χ0) is 16.3. The lowest BCUT2D eigenvalue weighted by Crippen LogP contribution is -2.57. The summed E-state index contributed by atoms with van der Waals surface area (Å²) < 4.78 is 15.5. The van der Waals surface area contributed by atoms with Gasteiger partial charge in [-0.05, 0) is 31.2 Å². The van der Waals surface area contributed by atoms with Gasteiger partial charge in [-0.2, -0.15) is 0 Å². The number of ether oxygens (including phenoxy) is 3.